The van der Waals surface area contributed by atoms with Crippen molar-refractivity contribution in [3.63, 3.8) is 0 Å². The molecule has 0 bridgehead atoms. The van der Waals surface area contributed by atoms with E-state index < -0.39 is 23.6 Å². The number of rotatable bonds is 2. The summed E-state index contributed by atoms with van der Waals surface area (Å²) in [6.07, 6.45) is 0.712. The van der Waals surface area contributed by atoms with Crippen molar-refractivity contribution in [3.8, 4) is 0 Å². The van der Waals surface area contributed by atoms with Crippen LogP contribution in [0.3, 0.4) is 0 Å². The zero-order valence-corrected chi connectivity index (χ0v) is 12.9. The number of carboxylic acids is 1. The molecule has 0 radical (unpaired) electrons. The van der Waals surface area contributed by atoms with Crippen molar-refractivity contribution >= 4 is 23.5 Å². The Morgan fingerprint density at radius 3 is 2.71 bits per heavy atom. The number of carboxylic acid groups (broad SMARTS) is 1. The fourth-order valence-corrected chi connectivity index (χ4v) is 2.49. The van der Waals surface area contributed by atoms with E-state index in [0.717, 1.165) is 0 Å². The zero-order valence-electron chi connectivity index (χ0n) is 12.1. The highest BCUT2D eigenvalue weighted by Gasteiger charge is 2.35. The number of carbonyl (C=O) groups is 2. The van der Waals surface area contributed by atoms with Gasteiger partial charge in [0.15, 0.2) is 5.69 Å². The highest BCUT2D eigenvalue weighted by atomic mass is 35.5. The van der Waals surface area contributed by atoms with E-state index in [2.05, 4.69) is 10.4 Å². The molecule has 0 spiro atoms. The van der Waals surface area contributed by atoms with Gasteiger partial charge < -0.3 is 9.84 Å². The van der Waals surface area contributed by atoms with Crippen molar-refractivity contribution in [3.05, 3.63) is 16.4 Å². The molecular formula is C13H18ClN3O4. The first-order valence-corrected chi connectivity index (χ1v) is 7.04. The number of esters is 1. The summed E-state index contributed by atoms with van der Waals surface area (Å²) in [5.41, 5.74) is -0.539. The van der Waals surface area contributed by atoms with Gasteiger partial charge in [0, 0.05) is 6.54 Å². The van der Waals surface area contributed by atoms with Gasteiger partial charge >= 0.3 is 11.9 Å². The second kappa shape index (κ2) is 5.65. The standard InChI is InChI=1S/C13H18ClN3O4/c1-13(2,3)21-12(20)9-10-7(14)8(11(18)19)16-17(10)6-4-5-15-9/h9,15H,4-6H2,1-3H3,(H,18,19). The summed E-state index contributed by atoms with van der Waals surface area (Å²) in [5.74, 6) is -1.71. The number of aromatic nitrogens is 2. The Kier molecular flexibility index (Phi) is 4.25. The first kappa shape index (κ1) is 15.8. The fraction of sp³-hybridized carbons (Fsp3) is 0.615. The third-order valence-corrected chi connectivity index (χ3v) is 3.32. The first-order chi connectivity index (χ1) is 9.70. The number of nitrogens with one attached hydrogen (secondary N) is 1. The molecule has 0 saturated heterocycles. The van der Waals surface area contributed by atoms with E-state index in [9.17, 15) is 9.59 Å². The number of aryl methyl sites for hydroxylation is 1. The maximum atomic E-state index is 12.3. The van der Waals surface area contributed by atoms with Crippen LogP contribution >= 0.6 is 11.6 Å². The molecule has 1 aliphatic rings. The average Bonchev–Trinajstić information content (AvgIpc) is 2.55. The molecule has 0 saturated carbocycles. The van der Waals surface area contributed by atoms with Crippen LogP contribution in [0.2, 0.25) is 5.02 Å². The van der Waals surface area contributed by atoms with E-state index in [0.29, 0.717) is 25.2 Å². The van der Waals surface area contributed by atoms with E-state index >= 15 is 0 Å². The van der Waals surface area contributed by atoms with Crippen molar-refractivity contribution in [2.24, 2.45) is 0 Å². The van der Waals surface area contributed by atoms with Gasteiger partial charge in [-0.3, -0.25) is 10.00 Å². The normalized spacial score (nSPS) is 18.8. The Hall–Kier alpha value is -1.60. The minimum atomic E-state index is -1.22. The molecule has 21 heavy (non-hydrogen) atoms. The second-order valence-electron chi connectivity index (χ2n) is 5.85. The molecule has 2 N–H and O–H groups in total. The van der Waals surface area contributed by atoms with Crippen LogP contribution < -0.4 is 5.32 Å². The molecule has 116 valence electrons. The molecule has 1 aliphatic heterocycles. The summed E-state index contributed by atoms with van der Waals surface area (Å²) in [7, 11) is 0. The number of halogens is 1. The van der Waals surface area contributed by atoms with Gasteiger partial charge in [-0.1, -0.05) is 11.6 Å². The molecule has 0 fully saturated rings. The SMILES string of the molecule is CC(C)(C)OC(=O)C1NCCCn2nc(C(=O)O)c(Cl)c21. The Labute approximate surface area is 127 Å². The Morgan fingerprint density at radius 1 is 1.48 bits per heavy atom. The van der Waals surface area contributed by atoms with E-state index in [1.165, 1.54) is 4.68 Å². The predicted octanol–water partition coefficient (Wildman–Crippen LogP) is 1.61. The lowest BCUT2D eigenvalue weighted by molar-refractivity contribution is -0.157. The summed E-state index contributed by atoms with van der Waals surface area (Å²) >= 11 is 6.11. The average molecular weight is 316 g/mol. The molecule has 0 aromatic carbocycles. The van der Waals surface area contributed by atoms with Crippen molar-refractivity contribution in [1.82, 2.24) is 15.1 Å². The Bertz CT molecular complexity index is 577. The van der Waals surface area contributed by atoms with Gasteiger partial charge in [-0.15, -0.1) is 0 Å². The van der Waals surface area contributed by atoms with Crippen LogP contribution in [0.4, 0.5) is 0 Å². The van der Waals surface area contributed by atoms with E-state index in [1.807, 2.05) is 0 Å². The second-order valence-corrected chi connectivity index (χ2v) is 6.23. The van der Waals surface area contributed by atoms with Gasteiger partial charge in [0.2, 0.25) is 0 Å². The lowest BCUT2D eigenvalue weighted by Crippen LogP contribution is -2.35. The molecule has 2 heterocycles. The molecule has 0 amide bonds. The van der Waals surface area contributed by atoms with E-state index in [1.54, 1.807) is 20.8 Å². The quantitative estimate of drug-likeness (QED) is 0.805. The monoisotopic (exact) mass is 315 g/mol. The fourth-order valence-electron chi connectivity index (χ4n) is 2.16. The number of nitrogens with zero attached hydrogens (tertiary/aromatic N) is 2. The van der Waals surface area contributed by atoms with Crippen molar-refractivity contribution in [1.29, 1.82) is 0 Å². The molecular weight excluding hydrogens is 298 g/mol. The molecule has 0 aliphatic carbocycles. The van der Waals surface area contributed by atoms with Crippen LogP contribution in [-0.4, -0.2) is 39.0 Å². The predicted molar refractivity (Wildman–Crippen MR) is 75.4 cm³/mol. The topological polar surface area (TPSA) is 93.5 Å². The van der Waals surface area contributed by atoms with Crippen LogP contribution in [0.15, 0.2) is 0 Å². The van der Waals surface area contributed by atoms with Crippen LogP contribution in [0.5, 0.6) is 0 Å². The highest BCUT2D eigenvalue weighted by molar-refractivity contribution is 6.34. The summed E-state index contributed by atoms with van der Waals surface area (Å²) in [6.45, 7) is 6.39. The van der Waals surface area contributed by atoms with Crippen LogP contribution in [0.25, 0.3) is 0 Å². The van der Waals surface area contributed by atoms with Gasteiger partial charge in [0.05, 0.1) is 10.7 Å². The zero-order chi connectivity index (χ0) is 15.8. The lowest BCUT2D eigenvalue weighted by atomic mass is 10.1. The third-order valence-electron chi connectivity index (χ3n) is 2.95. The maximum Gasteiger partial charge on any atom is 0.357 e. The van der Waals surface area contributed by atoms with Crippen LogP contribution in [0, 0.1) is 0 Å². The number of carbonyl (C=O) groups excluding carboxylic acids is 1. The van der Waals surface area contributed by atoms with E-state index in [4.69, 9.17) is 21.4 Å². The summed E-state index contributed by atoms with van der Waals surface area (Å²) < 4.78 is 6.84. The molecule has 7 nitrogen and oxygen atoms in total. The number of ether oxygens (including phenoxy) is 1. The Morgan fingerprint density at radius 2 is 2.14 bits per heavy atom. The number of hydrogen-bond acceptors (Lipinski definition) is 5. The van der Waals surface area contributed by atoms with E-state index in [-0.39, 0.29) is 10.7 Å². The molecule has 8 heteroatoms. The molecule has 2 rings (SSSR count). The van der Waals surface area contributed by atoms with Crippen molar-refractivity contribution in [2.45, 2.75) is 45.4 Å². The van der Waals surface area contributed by atoms with Gasteiger partial charge in [-0.25, -0.2) is 9.59 Å². The minimum Gasteiger partial charge on any atom is -0.476 e. The number of hydrogen-bond donors (Lipinski definition) is 2. The van der Waals surface area contributed by atoms with Crippen molar-refractivity contribution < 1.29 is 19.4 Å². The van der Waals surface area contributed by atoms with Gasteiger partial charge in [-0.05, 0) is 33.7 Å². The van der Waals surface area contributed by atoms with Crippen LogP contribution in [-0.2, 0) is 16.1 Å². The molecule has 1 aromatic heterocycles. The Balaban J connectivity index is 2.42. The molecule has 1 unspecified atom stereocenters. The lowest BCUT2D eigenvalue weighted by Gasteiger charge is -2.24. The number of aromatic carboxylic acids is 1. The largest absolute Gasteiger partial charge is 0.476 e. The molecule has 1 aromatic rings. The minimum absolute atomic E-state index is 0.0206. The van der Waals surface area contributed by atoms with Crippen molar-refractivity contribution in [2.75, 3.05) is 6.54 Å². The number of fused-ring (bicyclic) bond motifs is 1. The highest BCUT2D eigenvalue weighted by Crippen LogP contribution is 2.30. The smallest absolute Gasteiger partial charge is 0.357 e. The summed E-state index contributed by atoms with van der Waals surface area (Å²) in [4.78, 5) is 23.5. The van der Waals surface area contributed by atoms with Crippen LogP contribution in [0.1, 0.15) is 49.4 Å². The first-order valence-electron chi connectivity index (χ1n) is 6.66. The maximum absolute atomic E-state index is 12.3. The van der Waals surface area contributed by atoms with Gasteiger partial charge in [0.25, 0.3) is 0 Å². The third kappa shape index (κ3) is 3.36. The summed E-state index contributed by atoms with van der Waals surface area (Å²) in [6, 6.07) is -0.820. The molecule has 1 atom stereocenters. The van der Waals surface area contributed by atoms with Gasteiger partial charge in [0.1, 0.15) is 11.6 Å². The summed E-state index contributed by atoms with van der Waals surface area (Å²) in [5, 5.41) is 16.1. The van der Waals surface area contributed by atoms with Gasteiger partial charge in [-0.2, -0.15) is 5.10 Å².